The van der Waals surface area contributed by atoms with Crippen molar-refractivity contribution in [2.24, 2.45) is 32.9 Å². The minimum absolute atomic E-state index is 0.124. The molecule has 25 heavy (non-hydrogen) atoms. The van der Waals surface area contributed by atoms with E-state index in [0.29, 0.717) is 25.8 Å². The molecule has 0 saturated heterocycles. The van der Waals surface area contributed by atoms with Crippen molar-refractivity contribution in [2.75, 3.05) is 6.54 Å². The third-order valence-corrected chi connectivity index (χ3v) is 3.26. The number of carboxylic acids is 2. The Morgan fingerprint density at radius 2 is 1.68 bits per heavy atom. The van der Waals surface area contributed by atoms with Gasteiger partial charge >= 0.3 is 11.9 Å². The number of guanidine groups is 2. The van der Waals surface area contributed by atoms with Crippen molar-refractivity contribution in [2.45, 2.75) is 57.2 Å². The number of hydrogen-bond acceptors (Lipinski definition) is 5. The van der Waals surface area contributed by atoms with Gasteiger partial charge in [0.15, 0.2) is 11.9 Å². The van der Waals surface area contributed by atoms with Gasteiger partial charge in [0, 0.05) is 13.0 Å². The fraction of sp³-hybridized carbons (Fsp3) is 0.714. The van der Waals surface area contributed by atoms with Crippen molar-refractivity contribution < 1.29 is 19.8 Å². The van der Waals surface area contributed by atoms with E-state index in [1.165, 1.54) is 0 Å². The van der Waals surface area contributed by atoms with Crippen LogP contribution in [0, 0.1) is 0 Å². The number of aliphatic imine (C=N–C) groups is 2. The van der Waals surface area contributed by atoms with E-state index >= 15 is 0 Å². The summed E-state index contributed by atoms with van der Waals surface area (Å²) in [5.41, 5.74) is 21.9. The molecule has 11 heteroatoms. The predicted molar refractivity (Wildman–Crippen MR) is 94.8 cm³/mol. The molecule has 0 saturated carbocycles. The summed E-state index contributed by atoms with van der Waals surface area (Å²) in [6.07, 6.45) is 2.89. The zero-order valence-electron chi connectivity index (χ0n) is 14.2. The number of hydrogen-bond donors (Lipinski definition) is 7. The monoisotopic (exact) mass is 359 g/mol. The summed E-state index contributed by atoms with van der Waals surface area (Å²) in [6.45, 7) is 0.455. The minimum Gasteiger partial charge on any atom is -0.481 e. The van der Waals surface area contributed by atoms with E-state index in [1.807, 2.05) is 0 Å². The van der Waals surface area contributed by atoms with Crippen LogP contribution in [0.4, 0.5) is 0 Å². The first kappa shape index (κ1) is 22.4. The standard InChI is InChI=1S/C14H29N7O4/c15-9(12(24)25)5-4-6-10(20-13(16)17)21-14(18)19-8-3-1-2-7-11(22)23/h9-10H,1-8,15H2,(H,22,23)(H,24,25)(H4,16,17,20)(H3,18,19,21)/t9-,10?/m0/s1. The molecule has 2 atom stereocenters. The van der Waals surface area contributed by atoms with Gasteiger partial charge in [-0.2, -0.15) is 0 Å². The van der Waals surface area contributed by atoms with E-state index in [1.54, 1.807) is 0 Å². The lowest BCUT2D eigenvalue weighted by Gasteiger charge is -2.16. The maximum absolute atomic E-state index is 10.7. The number of nitrogens with one attached hydrogen (secondary N) is 1. The lowest BCUT2D eigenvalue weighted by Crippen LogP contribution is -2.41. The highest BCUT2D eigenvalue weighted by atomic mass is 16.4. The number of unbranched alkanes of at least 4 members (excludes halogenated alkanes) is 2. The molecule has 0 aromatic heterocycles. The molecular formula is C14H29N7O4. The topological polar surface area (TPSA) is 215 Å². The van der Waals surface area contributed by atoms with E-state index < -0.39 is 24.1 Å². The zero-order valence-corrected chi connectivity index (χ0v) is 14.2. The Kier molecular flexibility index (Phi) is 11.5. The number of nitrogens with two attached hydrogens (primary N) is 4. The van der Waals surface area contributed by atoms with Crippen LogP contribution in [-0.2, 0) is 9.59 Å². The molecule has 0 aromatic carbocycles. The fourth-order valence-corrected chi connectivity index (χ4v) is 1.98. The Morgan fingerprint density at radius 1 is 1.00 bits per heavy atom. The van der Waals surface area contributed by atoms with Crippen LogP contribution in [0.1, 0.15) is 44.9 Å². The summed E-state index contributed by atoms with van der Waals surface area (Å²) in [4.78, 5) is 29.2. The van der Waals surface area contributed by atoms with Crippen molar-refractivity contribution in [3.8, 4) is 0 Å². The first-order valence-electron chi connectivity index (χ1n) is 8.07. The van der Waals surface area contributed by atoms with Gasteiger partial charge in [-0.05, 0) is 32.1 Å². The zero-order chi connectivity index (χ0) is 19.2. The molecule has 0 heterocycles. The van der Waals surface area contributed by atoms with E-state index in [9.17, 15) is 9.59 Å². The Morgan fingerprint density at radius 3 is 2.24 bits per heavy atom. The summed E-state index contributed by atoms with van der Waals surface area (Å²) in [7, 11) is 0. The molecule has 0 rings (SSSR count). The summed E-state index contributed by atoms with van der Waals surface area (Å²) in [5, 5.41) is 20.1. The van der Waals surface area contributed by atoms with E-state index in [2.05, 4.69) is 15.3 Å². The van der Waals surface area contributed by atoms with Gasteiger partial charge in [0.1, 0.15) is 12.2 Å². The maximum atomic E-state index is 10.7. The van der Waals surface area contributed by atoms with E-state index in [0.717, 1.165) is 12.8 Å². The molecule has 0 aliphatic rings. The molecule has 0 radical (unpaired) electrons. The SMILES string of the molecule is NC(N)=NC(CCC[C@H](N)C(=O)O)NC(N)=NCCCCCC(=O)O. The number of carboxylic acid groups (broad SMARTS) is 2. The fourth-order valence-electron chi connectivity index (χ4n) is 1.98. The first-order valence-corrected chi connectivity index (χ1v) is 8.07. The molecule has 144 valence electrons. The quantitative estimate of drug-likeness (QED) is 0.118. The minimum atomic E-state index is -1.06. The maximum Gasteiger partial charge on any atom is 0.320 e. The Hall–Kier alpha value is -2.56. The summed E-state index contributed by atoms with van der Waals surface area (Å²) in [6, 6.07) is -0.934. The molecule has 0 aliphatic heterocycles. The van der Waals surface area contributed by atoms with Crippen molar-refractivity contribution in [1.29, 1.82) is 0 Å². The molecule has 1 unspecified atom stereocenters. The molecular weight excluding hydrogens is 330 g/mol. The summed E-state index contributed by atoms with van der Waals surface area (Å²) in [5.74, 6) is -1.83. The molecule has 11 N–H and O–H groups in total. The van der Waals surface area contributed by atoms with Crippen molar-refractivity contribution in [3.63, 3.8) is 0 Å². The Bertz CT molecular complexity index is 478. The normalized spacial score (nSPS) is 13.7. The van der Waals surface area contributed by atoms with Crippen LogP contribution in [0.3, 0.4) is 0 Å². The second kappa shape index (κ2) is 12.8. The second-order valence-corrected chi connectivity index (χ2v) is 5.56. The van der Waals surface area contributed by atoms with Crippen molar-refractivity contribution in [1.82, 2.24) is 5.32 Å². The highest BCUT2D eigenvalue weighted by Gasteiger charge is 2.13. The number of aliphatic carboxylic acids is 2. The molecule has 11 nitrogen and oxygen atoms in total. The smallest absolute Gasteiger partial charge is 0.320 e. The van der Waals surface area contributed by atoms with Crippen LogP contribution in [-0.4, -0.2) is 52.8 Å². The average Bonchev–Trinajstić information content (AvgIpc) is 2.49. The molecule has 0 aromatic rings. The van der Waals surface area contributed by atoms with Crippen molar-refractivity contribution in [3.05, 3.63) is 0 Å². The Labute approximate surface area is 146 Å². The molecule has 0 spiro atoms. The highest BCUT2D eigenvalue weighted by molar-refractivity contribution is 5.79. The van der Waals surface area contributed by atoms with Crippen LogP contribution < -0.4 is 28.3 Å². The largest absolute Gasteiger partial charge is 0.481 e. The van der Waals surface area contributed by atoms with Gasteiger partial charge in [0.05, 0.1) is 0 Å². The average molecular weight is 359 g/mol. The van der Waals surface area contributed by atoms with Crippen molar-refractivity contribution >= 4 is 23.9 Å². The molecule has 0 fully saturated rings. The van der Waals surface area contributed by atoms with Gasteiger partial charge in [-0.3, -0.25) is 14.6 Å². The van der Waals surface area contributed by atoms with Gasteiger partial charge in [0.25, 0.3) is 0 Å². The summed E-state index contributed by atoms with van der Waals surface area (Å²) >= 11 is 0. The van der Waals surface area contributed by atoms with E-state index in [-0.39, 0.29) is 24.8 Å². The highest BCUT2D eigenvalue weighted by Crippen LogP contribution is 2.05. The first-order chi connectivity index (χ1) is 11.7. The van der Waals surface area contributed by atoms with Crippen LogP contribution in [0.2, 0.25) is 0 Å². The lowest BCUT2D eigenvalue weighted by molar-refractivity contribution is -0.139. The third kappa shape index (κ3) is 13.6. The van der Waals surface area contributed by atoms with Crippen LogP contribution in [0.25, 0.3) is 0 Å². The van der Waals surface area contributed by atoms with Gasteiger partial charge < -0.3 is 38.5 Å². The third-order valence-electron chi connectivity index (χ3n) is 3.26. The lowest BCUT2D eigenvalue weighted by atomic mass is 10.1. The van der Waals surface area contributed by atoms with Crippen LogP contribution in [0.5, 0.6) is 0 Å². The molecule has 0 bridgehead atoms. The Balaban J connectivity index is 4.26. The van der Waals surface area contributed by atoms with Gasteiger partial charge in [-0.25, -0.2) is 4.99 Å². The van der Waals surface area contributed by atoms with Gasteiger partial charge in [0.2, 0.25) is 0 Å². The molecule has 0 amide bonds. The molecule has 0 aliphatic carbocycles. The van der Waals surface area contributed by atoms with Crippen LogP contribution >= 0.6 is 0 Å². The predicted octanol–water partition coefficient (Wildman–Crippen LogP) is -1.28. The number of carbonyl (C=O) groups is 2. The van der Waals surface area contributed by atoms with Gasteiger partial charge in [-0.1, -0.05) is 6.42 Å². The number of rotatable bonds is 13. The summed E-state index contributed by atoms with van der Waals surface area (Å²) < 4.78 is 0. The second-order valence-electron chi connectivity index (χ2n) is 5.56. The van der Waals surface area contributed by atoms with E-state index in [4.69, 9.17) is 33.1 Å². The number of nitrogens with zero attached hydrogens (tertiary/aromatic N) is 2. The van der Waals surface area contributed by atoms with Gasteiger partial charge in [-0.15, -0.1) is 0 Å². The van der Waals surface area contributed by atoms with Crippen LogP contribution in [0.15, 0.2) is 9.98 Å².